The lowest BCUT2D eigenvalue weighted by Crippen LogP contribution is -2.16. The van der Waals surface area contributed by atoms with Crippen LogP contribution in [0.1, 0.15) is 0 Å². The molecule has 9 rings (SSSR count). The molecule has 3 aromatic heterocycles. The maximum Gasteiger partial charge on any atom is 0.219 e. The van der Waals surface area contributed by atoms with E-state index in [2.05, 4.69) is 99.5 Å². The largest absolute Gasteiger partial charge is 0.453 e. The van der Waals surface area contributed by atoms with Crippen molar-refractivity contribution in [3.63, 3.8) is 0 Å². The lowest BCUT2D eigenvalue weighted by atomic mass is 10.1. The molecule has 45 heavy (non-hydrogen) atoms. The Hall–Kier alpha value is -6.34. The first-order chi connectivity index (χ1) is 22.3. The number of hydrogen-bond donors (Lipinski definition) is 0. The van der Waals surface area contributed by atoms with Gasteiger partial charge in [-0.05, 0) is 60.7 Å². The Morgan fingerprint density at radius 3 is 2.13 bits per heavy atom. The van der Waals surface area contributed by atoms with Crippen molar-refractivity contribution in [3.05, 3.63) is 152 Å². The first-order valence-electron chi connectivity index (χ1n) is 14.7. The summed E-state index contributed by atoms with van der Waals surface area (Å²) in [7, 11) is 0. The molecule has 0 amide bonds. The van der Waals surface area contributed by atoms with E-state index in [0.29, 0.717) is 11.6 Å². The van der Waals surface area contributed by atoms with Gasteiger partial charge in [0.25, 0.3) is 0 Å². The first kappa shape index (κ1) is 25.2. The molecule has 8 aromatic rings. The van der Waals surface area contributed by atoms with Crippen molar-refractivity contribution < 1.29 is 9.47 Å². The van der Waals surface area contributed by atoms with Gasteiger partial charge in [-0.1, -0.05) is 60.7 Å². The molecule has 0 fully saturated rings. The van der Waals surface area contributed by atoms with E-state index in [4.69, 9.17) is 14.6 Å². The second kappa shape index (κ2) is 10.1. The van der Waals surface area contributed by atoms with Crippen LogP contribution in [0.5, 0.6) is 23.1 Å². The Balaban J connectivity index is 1.14. The van der Waals surface area contributed by atoms with Crippen molar-refractivity contribution in [2.45, 2.75) is 0 Å². The first-order valence-corrected chi connectivity index (χ1v) is 14.7. The molecule has 0 saturated carbocycles. The highest BCUT2D eigenvalue weighted by Gasteiger charge is 2.27. The minimum absolute atomic E-state index is 0.529. The Bertz CT molecular complexity index is 2310. The summed E-state index contributed by atoms with van der Waals surface area (Å²) in [5.41, 5.74) is 7.00. The molecule has 1 aliphatic rings. The summed E-state index contributed by atoms with van der Waals surface area (Å²) in [5, 5.41) is 7.26. The van der Waals surface area contributed by atoms with Crippen molar-refractivity contribution in [1.82, 2.24) is 19.3 Å². The van der Waals surface area contributed by atoms with Crippen molar-refractivity contribution in [3.8, 4) is 34.5 Å². The second-order valence-corrected chi connectivity index (χ2v) is 10.8. The molecule has 7 nitrogen and oxygen atoms in total. The van der Waals surface area contributed by atoms with Crippen LogP contribution in [0.25, 0.3) is 33.2 Å². The lowest BCUT2D eigenvalue weighted by molar-refractivity contribution is 0.455. The summed E-state index contributed by atoms with van der Waals surface area (Å²) in [5.74, 6) is 2.71. The number of aromatic nitrogens is 4. The van der Waals surface area contributed by atoms with Gasteiger partial charge in [0, 0.05) is 34.8 Å². The molecule has 7 heteroatoms. The SMILES string of the molecule is c1ccc(Oc2ccc3c(c2)N(c2cccc(-n4cc(-n5c6ccccc6c6ccccc65)cn4)c2)c2ccccc2O3)nc1. The summed E-state index contributed by atoms with van der Waals surface area (Å²) < 4.78 is 16.6. The molecule has 214 valence electrons. The summed E-state index contributed by atoms with van der Waals surface area (Å²) in [6, 6.07) is 44.8. The molecule has 0 unspecified atom stereocenters. The zero-order valence-corrected chi connectivity index (χ0v) is 24.0. The molecule has 0 aliphatic carbocycles. The van der Waals surface area contributed by atoms with Crippen LogP contribution in [-0.4, -0.2) is 19.3 Å². The Morgan fingerprint density at radius 1 is 0.578 bits per heavy atom. The van der Waals surface area contributed by atoms with Crippen LogP contribution < -0.4 is 14.4 Å². The molecule has 0 spiro atoms. The van der Waals surface area contributed by atoms with Gasteiger partial charge in [-0.3, -0.25) is 0 Å². The highest BCUT2D eigenvalue weighted by atomic mass is 16.5. The molecule has 1 aliphatic heterocycles. The number of hydrogen-bond acceptors (Lipinski definition) is 5. The number of para-hydroxylation sites is 4. The van der Waals surface area contributed by atoms with Crippen molar-refractivity contribution in [2.24, 2.45) is 0 Å². The number of benzene rings is 5. The standard InChI is InChI=1S/C38H25N5O2/c1-3-14-32-30(12-1)31-13-2-4-15-33(31)43(32)28-24-40-41(25-28)26-10-9-11-27(22-26)42-34-16-5-6-17-36(34)45-37-20-19-29(23-35(37)42)44-38-18-7-8-21-39-38/h1-25H. The topological polar surface area (TPSA) is 57.3 Å². The van der Waals surface area contributed by atoms with E-state index in [1.165, 1.54) is 10.8 Å². The smallest absolute Gasteiger partial charge is 0.219 e. The maximum atomic E-state index is 6.33. The number of ether oxygens (including phenoxy) is 2. The molecule has 0 N–H and O–H groups in total. The van der Waals surface area contributed by atoms with E-state index in [0.717, 1.165) is 51.0 Å². The van der Waals surface area contributed by atoms with Crippen LogP contribution in [-0.2, 0) is 0 Å². The molecule has 0 saturated heterocycles. The number of fused-ring (bicyclic) bond motifs is 5. The predicted molar refractivity (Wildman–Crippen MR) is 177 cm³/mol. The summed E-state index contributed by atoms with van der Waals surface area (Å²) in [6.45, 7) is 0. The van der Waals surface area contributed by atoms with Gasteiger partial charge >= 0.3 is 0 Å². The second-order valence-electron chi connectivity index (χ2n) is 10.8. The molecule has 5 aromatic carbocycles. The zero-order valence-electron chi connectivity index (χ0n) is 24.0. The van der Waals surface area contributed by atoms with E-state index in [-0.39, 0.29) is 0 Å². The third-order valence-electron chi connectivity index (χ3n) is 8.12. The van der Waals surface area contributed by atoms with Gasteiger partial charge in [-0.15, -0.1) is 0 Å². The van der Waals surface area contributed by atoms with Crippen molar-refractivity contribution in [1.29, 1.82) is 0 Å². The fourth-order valence-corrected chi connectivity index (χ4v) is 6.15. The van der Waals surface area contributed by atoms with Crippen LogP contribution >= 0.6 is 0 Å². The van der Waals surface area contributed by atoms with Gasteiger partial charge in [-0.2, -0.15) is 5.10 Å². The van der Waals surface area contributed by atoms with Crippen LogP contribution in [0.2, 0.25) is 0 Å². The van der Waals surface area contributed by atoms with Crippen LogP contribution in [0.15, 0.2) is 152 Å². The van der Waals surface area contributed by atoms with Crippen LogP contribution in [0.4, 0.5) is 17.1 Å². The summed E-state index contributed by atoms with van der Waals surface area (Å²) >= 11 is 0. The van der Waals surface area contributed by atoms with Gasteiger partial charge in [0.15, 0.2) is 11.5 Å². The third kappa shape index (κ3) is 4.21. The summed E-state index contributed by atoms with van der Waals surface area (Å²) in [4.78, 5) is 6.51. The van der Waals surface area contributed by atoms with Gasteiger partial charge in [0.1, 0.15) is 5.75 Å². The van der Waals surface area contributed by atoms with E-state index < -0.39 is 0 Å². The molecule has 0 radical (unpaired) electrons. The van der Waals surface area contributed by atoms with E-state index in [1.54, 1.807) is 6.20 Å². The Morgan fingerprint density at radius 2 is 1.31 bits per heavy atom. The van der Waals surface area contributed by atoms with Crippen molar-refractivity contribution >= 4 is 38.9 Å². The van der Waals surface area contributed by atoms with E-state index in [1.807, 2.05) is 65.5 Å². The molecular formula is C38H25N5O2. The third-order valence-corrected chi connectivity index (χ3v) is 8.12. The average Bonchev–Trinajstić information content (AvgIpc) is 3.71. The molecule has 0 atom stereocenters. The minimum atomic E-state index is 0.529. The predicted octanol–water partition coefficient (Wildman–Crippen LogP) is 9.73. The molecule has 0 bridgehead atoms. The summed E-state index contributed by atoms with van der Waals surface area (Å²) in [6.07, 6.45) is 5.72. The zero-order chi connectivity index (χ0) is 29.7. The monoisotopic (exact) mass is 583 g/mol. The number of rotatable bonds is 5. The number of pyridine rings is 1. The number of anilines is 3. The van der Waals surface area contributed by atoms with Gasteiger partial charge < -0.3 is 18.9 Å². The van der Waals surface area contributed by atoms with Crippen molar-refractivity contribution in [2.75, 3.05) is 4.90 Å². The van der Waals surface area contributed by atoms with Crippen LogP contribution in [0, 0.1) is 0 Å². The Kier molecular flexibility index (Phi) is 5.67. The van der Waals surface area contributed by atoms with E-state index in [9.17, 15) is 0 Å². The quantitative estimate of drug-likeness (QED) is 0.202. The van der Waals surface area contributed by atoms with E-state index >= 15 is 0 Å². The maximum absolute atomic E-state index is 6.33. The van der Waals surface area contributed by atoms with Gasteiger partial charge in [0.2, 0.25) is 5.88 Å². The fourth-order valence-electron chi connectivity index (χ4n) is 6.15. The minimum Gasteiger partial charge on any atom is -0.453 e. The van der Waals surface area contributed by atoms with Crippen LogP contribution in [0.3, 0.4) is 0 Å². The average molecular weight is 584 g/mol. The molecular weight excluding hydrogens is 558 g/mol. The van der Waals surface area contributed by atoms with Gasteiger partial charge in [-0.25, -0.2) is 9.67 Å². The lowest BCUT2D eigenvalue weighted by Gasteiger charge is -2.33. The highest BCUT2D eigenvalue weighted by molar-refractivity contribution is 6.09. The fraction of sp³-hybridized carbons (Fsp3) is 0. The normalized spacial score (nSPS) is 12.1. The highest BCUT2D eigenvalue weighted by Crippen LogP contribution is 2.51. The molecule has 4 heterocycles. The Labute approximate surface area is 258 Å². The van der Waals surface area contributed by atoms with Gasteiger partial charge in [0.05, 0.1) is 46.2 Å². The number of nitrogens with zero attached hydrogens (tertiary/aromatic N) is 5.